The lowest BCUT2D eigenvalue weighted by Gasteiger charge is -2.35. The molecule has 1 aromatic carbocycles. The van der Waals surface area contributed by atoms with E-state index in [1.54, 1.807) is 24.3 Å². The number of nitrogens with zero attached hydrogens (tertiary/aromatic N) is 1. The van der Waals surface area contributed by atoms with E-state index in [1.165, 1.54) is 0 Å². The van der Waals surface area contributed by atoms with Gasteiger partial charge in [-0.15, -0.1) is 0 Å². The van der Waals surface area contributed by atoms with E-state index in [4.69, 9.17) is 15.7 Å². The van der Waals surface area contributed by atoms with Crippen LogP contribution in [0.5, 0.6) is 5.75 Å². The Hall–Kier alpha value is -2.06. The number of carbonyl (C=O) groups is 1. The Morgan fingerprint density at radius 3 is 3.14 bits per heavy atom. The van der Waals surface area contributed by atoms with Gasteiger partial charge in [0.05, 0.1) is 5.54 Å². The summed E-state index contributed by atoms with van der Waals surface area (Å²) in [5.74, 6) is 0.878. The molecule has 0 aromatic heterocycles. The Morgan fingerprint density at radius 2 is 2.43 bits per heavy atom. The number of carbonyl (C=O) groups excluding carboxylic acids is 1. The van der Waals surface area contributed by atoms with Gasteiger partial charge < -0.3 is 15.8 Å². The van der Waals surface area contributed by atoms with Gasteiger partial charge in [-0.05, 0) is 30.9 Å². The van der Waals surface area contributed by atoms with Crippen LogP contribution >= 0.6 is 0 Å². The van der Waals surface area contributed by atoms with Crippen molar-refractivity contribution in [3.05, 3.63) is 24.3 Å². The second kappa shape index (κ2) is 6.59. The predicted molar refractivity (Wildman–Crippen MR) is 80.7 cm³/mol. The zero-order valence-corrected chi connectivity index (χ0v) is 12.3. The summed E-state index contributed by atoms with van der Waals surface area (Å²) in [7, 11) is 0. The molecule has 1 aliphatic carbocycles. The van der Waals surface area contributed by atoms with Gasteiger partial charge in [0.25, 0.3) is 0 Å². The zero-order chi connectivity index (χ0) is 15.3. The van der Waals surface area contributed by atoms with E-state index < -0.39 is 5.54 Å². The average molecular weight is 287 g/mol. The molecule has 1 amide bonds. The summed E-state index contributed by atoms with van der Waals surface area (Å²) in [6, 6.07) is 8.91. The molecule has 0 saturated heterocycles. The number of ether oxygens (including phenoxy) is 1. The molecule has 2 atom stereocenters. The van der Waals surface area contributed by atoms with Crippen molar-refractivity contribution in [1.29, 1.82) is 5.26 Å². The van der Waals surface area contributed by atoms with Gasteiger partial charge in [0, 0.05) is 11.8 Å². The minimum atomic E-state index is -0.790. The lowest BCUT2D eigenvalue weighted by atomic mass is 9.76. The molecule has 112 valence electrons. The number of nitriles is 1. The fourth-order valence-electron chi connectivity index (χ4n) is 2.83. The first-order valence-electron chi connectivity index (χ1n) is 7.24. The summed E-state index contributed by atoms with van der Waals surface area (Å²) in [5.41, 5.74) is 6.12. The van der Waals surface area contributed by atoms with Gasteiger partial charge in [-0.25, -0.2) is 0 Å². The van der Waals surface area contributed by atoms with E-state index in [0.717, 1.165) is 12.8 Å². The third-order valence-corrected chi connectivity index (χ3v) is 3.88. The average Bonchev–Trinajstić information content (AvgIpc) is 2.45. The molecule has 0 heterocycles. The molecule has 0 radical (unpaired) electrons. The van der Waals surface area contributed by atoms with Crippen LogP contribution in [0.2, 0.25) is 0 Å². The van der Waals surface area contributed by atoms with E-state index in [-0.39, 0.29) is 12.5 Å². The maximum Gasteiger partial charge on any atom is 0.244 e. The van der Waals surface area contributed by atoms with E-state index >= 15 is 0 Å². The Bertz CT molecular complexity index is 553. The maximum absolute atomic E-state index is 12.4. The van der Waals surface area contributed by atoms with Gasteiger partial charge >= 0.3 is 0 Å². The zero-order valence-electron chi connectivity index (χ0n) is 12.3. The van der Waals surface area contributed by atoms with Gasteiger partial charge in [0.15, 0.2) is 6.61 Å². The summed E-state index contributed by atoms with van der Waals surface area (Å²) in [4.78, 5) is 12.4. The molecule has 21 heavy (non-hydrogen) atoms. The molecule has 5 nitrogen and oxygen atoms in total. The predicted octanol–water partition coefficient (Wildman–Crippen LogP) is 2.44. The van der Waals surface area contributed by atoms with E-state index in [1.807, 2.05) is 6.07 Å². The number of rotatable bonds is 4. The Balaban J connectivity index is 2.03. The molecule has 1 aliphatic rings. The van der Waals surface area contributed by atoms with Crippen LogP contribution in [0.3, 0.4) is 0 Å². The number of anilines is 1. The molecule has 0 aliphatic heterocycles. The molecule has 0 bridgehead atoms. The largest absolute Gasteiger partial charge is 0.479 e. The topological polar surface area (TPSA) is 88.1 Å². The molecule has 3 N–H and O–H groups in total. The first-order valence-corrected chi connectivity index (χ1v) is 7.24. The van der Waals surface area contributed by atoms with E-state index in [0.29, 0.717) is 30.2 Å². The monoisotopic (exact) mass is 287 g/mol. The number of benzene rings is 1. The Morgan fingerprint density at radius 1 is 1.62 bits per heavy atom. The van der Waals surface area contributed by atoms with Crippen LogP contribution in [0.1, 0.15) is 32.6 Å². The summed E-state index contributed by atoms with van der Waals surface area (Å²) >= 11 is 0. The van der Waals surface area contributed by atoms with Crippen LogP contribution in [0.15, 0.2) is 24.3 Å². The fraction of sp³-hybridized carbons (Fsp3) is 0.500. The minimum absolute atomic E-state index is 0.0181. The molecule has 2 rings (SSSR count). The third kappa shape index (κ3) is 3.96. The summed E-state index contributed by atoms with van der Waals surface area (Å²) in [5, 5.41) is 11.4. The second-order valence-electron chi connectivity index (χ2n) is 5.79. The van der Waals surface area contributed by atoms with Crippen LogP contribution in [-0.2, 0) is 4.79 Å². The van der Waals surface area contributed by atoms with Gasteiger partial charge in [0.2, 0.25) is 5.91 Å². The lowest BCUT2D eigenvalue weighted by molar-refractivity contribution is -0.122. The smallest absolute Gasteiger partial charge is 0.244 e. The molecule has 1 saturated carbocycles. The van der Waals surface area contributed by atoms with Crippen molar-refractivity contribution in [1.82, 2.24) is 0 Å². The molecule has 2 unspecified atom stereocenters. The Kier molecular flexibility index (Phi) is 4.81. The van der Waals surface area contributed by atoms with Gasteiger partial charge in [0.1, 0.15) is 11.8 Å². The highest BCUT2D eigenvalue weighted by Gasteiger charge is 2.37. The number of nitrogens with one attached hydrogen (secondary N) is 1. The number of hydrogen-bond acceptors (Lipinski definition) is 4. The first kappa shape index (κ1) is 15.3. The number of amides is 1. The normalized spacial score (nSPS) is 24.9. The highest BCUT2D eigenvalue weighted by Crippen LogP contribution is 2.31. The maximum atomic E-state index is 12.4. The van der Waals surface area contributed by atoms with Crippen molar-refractivity contribution in [3.63, 3.8) is 0 Å². The minimum Gasteiger partial charge on any atom is -0.479 e. The summed E-state index contributed by atoms with van der Waals surface area (Å²) in [6.45, 7) is 2.11. The van der Waals surface area contributed by atoms with Crippen LogP contribution in [0, 0.1) is 17.2 Å². The van der Waals surface area contributed by atoms with Crippen molar-refractivity contribution in [3.8, 4) is 11.8 Å². The molecule has 1 aromatic rings. The van der Waals surface area contributed by atoms with Crippen molar-refractivity contribution in [2.45, 2.75) is 38.1 Å². The lowest BCUT2D eigenvalue weighted by Crippen LogP contribution is -2.53. The molecule has 5 heteroatoms. The molecular formula is C16H21N3O2. The first-order chi connectivity index (χ1) is 10.0. The van der Waals surface area contributed by atoms with Crippen molar-refractivity contribution in [2.75, 3.05) is 11.9 Å². The van der Waals surface area contributed by atoms with Gasteiger partial charge in [-0.3, -0.25) is 4.79 Å². The standard InChI is InChI=1S/C16H21N3O2/c1-12-4-3-7-16(18,11-12)15(20)19-13-5-2-6-14(10-13)21-9-8-17/h2,5-6,10,12H,3-4,7,9,11,18H2,1H3,(H,19,20). The van der Waals surface area contributed by atoms with E-state index in [2.05, 4.69) is 12.2 Å². The van der Waals surface area contributed by atoms with Crippen LogP contribution in [0.4, 0.5) is 5.69 Å². The van der Waals surface area contributed by atoms with Gasteiger partial charge in [-0.2, -0.15) is 5.26 Å². The van der Waals surface area contributed by atoms with Crippen LogP contribution in [0.25, 0.3) is 0 Å². The van der Waals surface area contributed by atoms with Crippen LogP contribution < -0.4 is 15.8 Å². The van der Waals surface area contributed by atoms with Crippen molar-refractivity contribution >= 4 is 11.6 Å². The fourth-order valence-corrected chi connectivity index (χ4v) is 2.83. The summed E-state index contributed by atoms with van der Waals surface area (Å²) < 4.78 is 5.22. The second-order valence-corrected chi connectivity index (χ2v) is 5.79. The Labute approximate surface area is 125 Å². The molecular weight excluding hydrogens is 266 g/mol. The highest BCUT2D eigenvalue weighted by atomic mass is 16.5. The molecule has 1 fully saturated rings. The number of hydrogen-bond donors (Lipinski definition) is 2. The van der Waals surface area contributed by atoms with E-state index in [9.17, 15) is 4.79 Å². The third-order valence-electron chi connectivity index (χ3n) is 3.88. The molecule has 0 spiro atoms. The van der Waals surface area contributed by atoms with Crippen LogP contribution in [-0.4, -0.2) is 18.1 Å². The van der Waals surface area contributed by atoms with Crippen molar-refractivity contribution in [2.24, 2.45) is 11.7 Å². The highest BCUT2D eigenvalue weighted by molar-refractivity contribution is 5.98. The SMILES string of the molecule is CC1CCCC(N)(C(=O)Nc2cccc(OCC#N)c2)C1. The van der Waals surface area contributed by atoms with Gasteiger partial charge in [-0.1, -0.05) is 25.8 Å². The quantitative estimate of drug-likeness (QED) is 0.890. The number of nitrogens with two attached hydrogens (primary N) is 1. The van der Waals surface area contributed by atoms with Crippen molar-refractivity contribution < 1.29 is 9.53 Å². The summed E-state index contributed by atoms with van der Waals surface area (Å²) in [6.07, 6.45) is 3.54.